The summed E-state index contributed by atoms with van der Waals surface area (Å²) in [7, 11) is -2.99. The number of hydrogen-bond donors (Lipinski definition) is 0. The average molecular weight is 425 g/mol. The smallest absolute Gasteiger partial charge is 0.149 e. The minimum Gasteiger partial charge on any atom is -0.370 e. The zero-order valence-corrected chi connectivity index (χ0v) is 18.2. The summed E-state index contributed by atoms with van der Waals surface area (Å²) in [5, 5.41) is 8.27. The molecular formula is C19H28N4O3S2. The Morgan fingerprint density at radius 1 is 1.32 bits per heavy atom. The van der Waals surface area contributed by atoms with Crippen molar-refractivity contribution in [2.24, 2.45) is 0 Å². The molecule has 0 saturated carbocycles. The van der Waals surface area contributed by atoms with Crippen LogP contribution in [-0.4, -0.2) is 60.0 Å². The number of rotatable bonds is 6. The average Bonchev–Trinajstić information content (AvgIpc) is 3.29. The van der Waals surface area contributed by atoms with E-state index < -0.39 is 9.84 Å². The molecule has 0 N–H and O–H groups in total. The number of piperidine rings is 1. The summed E-state index contributed by atoms with van der Waals surface area (Å²) in [6.45, 7) is 6.07. The van der Waals surface area contributed by atoms with Gasteiger partial charge in [0.1, 0.15) is 9.84 Å². The van der Waals surface area contributed by atoms with Gasteiger partial charge in [0.05, 0.1) is 30.2 Å². The van der Waals surface area contributed by atoms with Crippen LogP contribution in [0.15, 0.2) is 12.3 Å². The molecule has 7 nitrogen and oxygen atoms in total. The Bertz CT molecular complexity index is 927. The number of aromatic nitrogens is 3. The lowest BCUT2D eigenvalue weighted by molar-refractivity contribution is -0.0982. The van der Waals surface area contributed by atoms with E-state index in [1.807, 2.05) is 17.5 Å². The van der Waals surface area contributed by atoms with Crippen LogP contribution < -0.4 is 0 Å². The first kappa shape index (κ1) is 20.0. The second-order valence-corrected chi connectivity index (χ2v) is 11.4. The fourth-order valence-corrected chi connectivity index (χ4v) is 5.84. The van der Waals surface area contributed by atoms with Crippen LogP contribution in [0.25, 0.3) is 0 Å². The summed E-state index contributed by atoms with van der Waals surface area (Å²) in [5.41, 5.74) is 2.21. The van der Waals surface area contributed by atoms with E-state index in [-0.39, 0.29) is 11.4 Å². The highest BCUT2D eigenvalue weighted by Crippen LogP contribution is 2.44. The van der Waals surface area contributed by atoms with Gasteiger partial charge in [-0.15, -0.1) is 16.4 Å². The molecule has 1 spiro atoms. The van der Waals surface area contributed by atoms with Gasteiger partial charge in [0.2, 0.25) is 0 Å². The highest BCUT2D eigenvalue weighted by molar-refractivity contribution is 7.90. The molecule has 2 aromatic heterocycles. The number of sulfone groups is 1. The van der Waals surface area contributed by atoms with E-state index in [4.69, 9.17) is 4.74 Å². The van der Waals surface area contributed by atoms with Crippen LogP contribution in [-0.2, 0) is 46.1 Å². The topological polar surface area (TPSA) is 77.3 Å². The van der Waals surface area contributed by atoms with Gasteiger partial charge in [-0.3, -0.25) is 9.58 Å². The number of thiophene rings is 1. The number of hydrogen-bond acceptors (Lipinski definition) is 7. The van der Waals surface area contributed by atoms with E-state index in [1.54, 1.807) is 4.68 Å². The predicted molar refractivity (Wildman–Crippen MR) is 109 cm³/mol. The summed E-state index contributed by atoms with van der Waals surface area (Å²) in [5.74, 6) is 0.0854. The lowest BCUT2D eigenvalue weighted by atomic mass is 9.82. The predicted octanol–water partition coefficient (Wildman–Crippen LogP) is 2.01. The maximum absolute atomic E-state index is 11.3. The van der Waals surface area contributed by atoms with Crippen LogP contribution in [0.4, 0.5) is 0 Å². The number of ether oxygens (including phenoxy) is 1. The Labute approximate surface area is 170 Å². The molecule has 0 atom stereocenters. The van der Waals surface area contributed by atoms with Crippen molar-refractivity contribution in [3.05, 3.63) is 33.3 Å². The Morgan fingerprint density at radius 2 is 2.11 bits per heavy atom. The first-order chi connectivity index (χ1) is 13.4. The van der Waals surface area contributed by atoms with Crippen molar-refractivity contribution in [2.75, 3.05) is 31.7 Å². The SMILES string of the molecule is CCc1cc2c(s1)CCOC21CCN(Cc2cn(CCS(C)(=O)=O)nn2)CC1. The zero-order valence-electron chi connectivity index (χ0n) is 16.6. The van der Waals surface area contributed by atoms with Gasteiger partial charge in [-0.05, 0) is 30.9 Å². The number of aryl methyl sites for hydroxylation is 2. The molecule has 28 heavy (non-hydrogen) atoms. The summed E-state index contributed by atoms with van der Waals surface area (Å²) < 4.78 is 30.6. The Hall–Kier alpha value is -1.29. The third-order valence-corrected chi connectivity index (χ3v) is 8.00. The molecule has 1 saturated heterocycles. The Balaban J connectivity index is 1.37. The van der Waals surface area contributed by atoms with Crippen molar-refractivity contribution in [3.63, 3.8) is 0 Å². The summed E-state index contributed by atoms with van der Waals surface area (Å²) in [6.07, 6.45) is 7.24. The maximum Gasteiger partial charge on any atom is 0.149 e. The van der Waals surface area contributed by atoms with Gasteiger partial charge < -0.3 is 4.74 Å². The van der Waals surface area contributed by atoms with Gasteiger partial charge in [0.15, 0.2) is 0 Å². The highest BCUT2D eigenvalue weighted by Gasteiger charge is 2.41. The van der Waals surface area contributed by atoms with Gasteiger partial charge in [-0.2, -0.15) is 0 Å². The molecule has 0 aromatic carbocycles. The number of fused-ring (bicyclic) bond motifs is 2. The lowest BCUT2D eigenvalue weighted by Crippen LogP contribution is -2.45. The van der Waals surface area contributed by atoms with E-state index in [0.29, 0.717) is 6.54 Å². The van der Waals surface area contributed by atoms with Crippen LogP contribution >= 0.6 is 11.3 Å². The third kappa shape index (κ3) is 4.32. The van der Waals surface area contributed by atoms with Gasteiger partial charge in [-0.25, -0.2) is 8.42 Å². The van der Waals surface area contributed by atoms with Gasteiger partial charge in [0.25, 0.3) is 0 Å². The minimum absolute atomic E-state index is 0.0854. The molecule has 154 valence electrons. The first-order valence-corrected chi connectivity index (χ1v) is 12.8. The van der Waals surface area contributed by atoms with E-state index in [1.165, 1.54) is 21.6 Å². The molecule has 0 radical (unpaired) electrons. The molecule has 2 aliphatic rings. The summed E-state index contributed by atoms with van der Waals surface area (Å²) >= 11 is 1.96. The van der Waals surface area contributed by atoms with Crippen molar-refractivity contribution < 1.29 is 13.2 Å². The largest absolute Gasteiger partial charge is 0.370 e. The quantitative estimate of drug-likeness (QED) is 0.706. The normalized spacial score (nSPS) is 19.8. The van der Waals surface area contributed by atoms with E-state index in [9.17, 15) is 8.42 Å². The van der Waals surface area contributed by atoms with Crippen molar-refractivity contribution >= 4 is 21.2 Å². The maximum atomic E-state index is 11.3. The van der Waals surface area contributed by atoms with Crippen LogP contribution in [0.2, 0.25) is 0 Å². The van der Waals surface area contributed by atoms with E-state index >= 15 is 0 Å². The van der Waals surface area contributed by atoms with Crippen LogP contribution in [0.1, 0.15) is 40.8 Å². The molecule has 0 amide bonds. The standard InChI is InChI=1S/C19H28N4O3S2/c1-3-16-12-17-18(27-16)4-10-26-19(17)5-7-22(8-6-19)13-15-14-23(21-20-15)9-11-28(2,24)25/h12,14H,3-11,13H2,1-2H3. The molecule has 4 heterocycles. The molecule has 2 aliphatic heterocycles. The second-order valence-electron chi connectivity index (χ2n) is 7.87. The lowest BCUT2D eigenvalue weighted by Gasteiger charge is -2.44. The third-order valence-electron chi connectivity index (χ3n) is 5.73. The molecule has 4 rings (SSSR count). The van der Waals surface area contributed by atoms with Crippen LogP contribution in [0, 0.1) is 0 Å². The Kier molecular flexibility index (Phi) is 5.61. The fourth-order valence-electron chi connectivity index (χ4n) is 4.14. The van der Waals surface area contributed by atoms with Crippen molar-refractivity contribution in [1.82, 2.24) is 19.9 Å². The first-order valence-electron chi connectivity index (χ1n) is 9.92. The fraction of sp³-hybridized carbons (Fsp3) is 0.684. The van der Waals surface area contributed by atoms with E-state index in [2.05, 4.69) is 28.2 Å². The summed E-state index contributed by atoms with van der Waals surface area (Å²) in [4.78, 5) is 5.37. The zero-order chi connectivity index (χ0) is 19.8. The van der Waals surface area contributed by atoms with Crippen molar-refractivity contribution in [2.45, 2.75) is 51.3 Å². The molecule has 0 unspecified atom stereocenters. The molecule has 0 bridgehead atoms. The van der Waals surface area contributed by atoms with Gasteiger partial charge in [0, 0.05) is 48.3 Å². The van der Waals surface area contributed by atoms with Crippen molar-refractivity contribution in [3.8, 4) is 0 Å². The number of nitrogens with zero attached hydrogens (tertiary/aromatic N) is 4. The van der Waals surface area contributed by atoms with Crippen LogP contribution in [0.5, 0.6) is 0 Å². The van der Waals surface area contributed by atoms with Gasteiger partial charge in [-0.1, -0.05) is 12.1 Å². The minimum atomic E-state index is -2.99. The molecular weight excluding hydrogens is 396 g/mol. The van der Waals surface area contributed by atoms with E-state index in [0.717, 1.165) is 57.6 Å². The van der Waals surface area contributed by atoms with Gasteiger partial charge >= 0.3 is 0 Å². The molecule has 0 aliphatic carbocycles. The summed E-state index contributed by atoms with van der Waals surface area (Å²) in [6, 6.07) is 2.38. The molecule has 2 aromatic rings. The van der Waals surface area contributed by atoms with Crippen LogP contribution in [0.3, 0.4) is 0 Å². The molecule has 1 fully saturated rings. The highest BCUT2D eigenvalue weighted by atomic mass is 32.2. The second kappa shape index (κ2) is 7.85. The Morgan fingerprint density at radius 3 is 2.82 bits per heavy atom. The number of likely N-dealkylation sites (tertiary alicyclic amines) is 1. The van der Waals surface area contributed by atoms with Crippen molar-refractivity contribution in [1.29, 1.82) is 0 Å². The monoisotopic (exact) mass is 424 g/mol. The molecule has 9 heteroatoms.